The molecule has 2 rings (SSSR count). The summed E-state index contributed by atoms with van der Waals surface area (Å²) >= 11 is 0. The molecule has 0 heterocycles. The summed E-state index contributed by atoms with van der Waals surface area (Å²) in [6, 6.07) is 5.85. The van der Waals surface area contributed by atoms with Crippen molar-refractivity contribution >= 4 is 5.97 Å². The standard InChI is InChI=1S/C22H30O5/c1-13(2)19-18(27-22(26)16-8-10-17(23)11-9-16)12-14(3)6-5-7-15(4)20(24)21(19)25/h6,8-11,13,18-21,23-25H,4-5,7,12H2,1-3H3. The molecule has 1 aliphatic carbocycles. The van der Waals surface area contributed by atoms with Gasteiger partial charge in [-0.05, 0) is 55.5 Å². The predicted molar refractivity (Wildman–Crippen MR) is 104 cm³/mol. The van der Waals surface area contributed by atoms with E-state index in [2.05, 4.69) is 12.7 Å². The van der Waals surface area contributed by atoms with Crippen molar-refractivity contribution in [1.82, 2.24) is 0 Å². The average Bonchev–Trinajstić information content (AvgIpc) is 2.60. The number of hydrogen-bond acceptors (Lipinski definition) is 5. The van der Waals surface area contributed by atoms with E-state index in [-0.39, 0.29) is 11.7 Å². The Bertz CT molecular complexity index is 689. The van der Waals surface area contributed by atoms with Crippen LogP contribution in [-0.4, -0.2) is 39.6 Å². The summed E-state index contributed by atoms with van der Waals surface area (Å²) in [6.07, 6.45) is 1.17. The lowest BCUT2D eigenvalue weighted by molar-refractivity contribution is -0.0707. The third kappa shape index (κ3) is 5.44. The van der Waals surface area contributed by atoms with Gasteiger partial charge < -0.3 is 20.1 Å². The van der Waals surface area contributed by atoms with Gasteiger partial charge in [0.1, 0.15) is 18.0 Å². The molecule has 0 amide bonds. The van der Waals surface area contributed by atoms with Crippen LogP contribution in [0.1, 0.15) is 50.4 Å². The SMILES string of the molecule is C=C1CCC=C(C)CC(OC(=O)c2ccc(O)cc2)C(C(C)C)C(O)C1O. The molecule has 148 valence electrons. The van der Waals surface area contributed by atoms with Crippen LogP contribution >= 0.6 is 0 Å². The monoisotopic (exact) mass is 374 g/mol. The number of phenols is 1. The van der Waals surface area contributed by atoms with Gasteiger partial charge in [0, 0.05) is 12.3 Å². The fourth-order valence-corrected chi connectivity index (χ4v) is 3.61. The summed E-state index contributed by atoms with van der Waals surface area (Å²) in [4.78, 5) is 12.6. The second-order valence-electron chi connectivity index (χ2n) is 7.70. The van der Waals surface area contributed by atoms with E-state index in [1.807, 2.05) is 20.8 Å². The van der Waals surface area contributed by atoms with Crippen molar-refractivity contribution in [2.24, 2.45) is 11.8 Å². The first-order chi connectivity index (χ1) is 12.7. The van der Waals surface area contributed by atoms with Gasteiger partial charge in [-0.2, -0.15) is 0 Å². The number of carbonyl (C=O) groups excluding carboxylic acids is 1. The average molecular weight is 374 g/mol. The summed E-state index contributed by atoms with van der Waals surface area (Å²) in [5, 5.41) is 30.7. The van der Waals surface area contributed by atoms with E-state index in [0.717, 1.165) is 12.0 Å². The molecule has 4 unspecified atom stereocenters. The lowest BCUT2D eigenvalue weighted by Gasteiger charge is -2.37. The second kappa shape index (κ2) is 9.20. The number of aliphatic hydroxyl groups excluding tert-OH is 2. The highest BCUT2D eigenvalue weighted by molar-refractivity contribution is 5.89. The molecule has 0 radical (unpaired) electrons. The molecule has 1 aromatic rings. The summed E-state index contributed by atoms with van der Waals surface area (Å²) in [6.45, 7) is 9.77. The number of benzene rings is 1. The van der Waals surface area contributed by atoms with Gasteiger partial charge in [-0.1, -0.05) is 32.1 Å². The normalized spacial score (nSPS) is 27.2. The highest BCUT2D eigenvalue weighted by Crippen LogP contribution is 2.32. The van der Waals surface area contributed by atoms with E-state index >= 15 is 0 Å². The lowest BCUT2D eigenvalue weighted by Crippen LogP contribution is -2.45. The van der Waals surface area contributed by atoms with Crippen LogP contribution in [0.25, 0.3) is 0 Å². The molecule has 0 aromatic heterocycles. The van der Waals surface area contributed by atoms with Crippen LogP contribution in [0.15, 0.2) is 48.1 Å². The summed E-state index contributed by atoms with van der Waals surface area (Å²) in [7, 11) is 0. The number of carbonyl (C=O) groups is 1. The number of ether oxygens (including phenoxy) is 1. The van der Waals surface area contributed by atoms with Crippen molar-refractivity contribution in [3.8, 4) is 5.75 Å². The topological polar surface area (TPSA) is 87.0 Å². The molecule has 27 heavy (non-hydrogen) atoms. The summed E-state index contributed by atoms with van der Waals surface area (Å²) in [5.74, 6) is -0.913. The van der Waals surface area contributed by atoms with Gasteiger partial charge in [0.25, 0.3) is 0 Å². The number of phenolic OH excluding ortho intramolecular Hbond substituents is 1. The molecule has 4 atom stereocenters. The van der Waals surface area contributed by atoms with E-state index < -0.39 is 30.2 Å². The van der Waals surface area contributed by atoms with E-state index in [1.165, 1.54) is 24.3 Å². The van der Waals surface area contributed by atoms with Crippen LogP contribution in [-0.2, 0) is 4.74 Å². The Morgan fingerprint density at radius 1 is 1.22 bits per heavy atom. The zero-order chi connectivity index (χ0) is 20.1. The van der Waals surface area contributed by atoms with Crippen LogP contribution in [0.5, 0.6) is 5.75 Å². The first-order valence-corrected chi connectivity index (χ1v) is 9.40. The van der Waals surface area contributed by atoms with Crippen LogP contribution in [0.2, 0.25) is 0 Å². The van der Waals surface area contributed by atoms with Gasteiger partial charge in [0.05, 0.1) is 11.7 Å². The van der Waals surface area contributed by atoms with Crippen molar-refractivity contribution in [2.75, 3.05) is 0 Å². The Morgan fingerprint density at radius 3 is 2.44 bits per heavy atom. The van der Waals surface area contributed by atoms with Gasteiger partial charge in [0.2, 0.25) is 0 Å². The Balaban J connectivity index is 2.33. The van der Waals surface area contributed by atoms with Gasteiger partial charge in [0.15, 0.2) is 0 Å². The molecule has 0 saturated heterocycles. The molecular weight excluding hydrogens is 344 g/mol. The first kappa shape index (κ1) is 21.2. The molecule has 1 aliphatic rings. The van der Waals surface area contributed by atoms with Crippen LogP contribution in [0.3, 0.4) is 0 Å². The molecule has 0 bridgehead atoms. The zero-order valence-corrected chi connectivity index (χ0v) is 16.3. The molecule has 0 spiro atoms. The quantitative estimate of drug-likeness (QED) is 0.556. The summed E-state index contributed by atoms with van der Waals surface area (Å²) in [5.41, 5.74) is 1.98. The Morgan fingerprint density at radius 2 is 1.85 bits per heavy atom. The third-order valence-corrected chi connectivity index (χ3v) is 5.18. The molecular formula is C22H30O5. The highest BCUT2D eigenvalue weighted by atomic mass is 16.5. The fourth-order valence-electron chi connectivity index (χ4n) is 3.61. The minimum Gasteiger partial charge on any atom is -0.508 e. The maximum Gasteiger partial charge on any atom is 0.338 e. The predicted octanol–water partition coefficient (Wildman–Crippen LogP) is 3.60. The van der Waals surface area contributed by atoms with Crippen molar-refractivity contribution < 1.29 is 24.9 Å². The van der Waals surface area contributed by atoms with E-state index in [9.17, 15) is 20.1 Å². The smallest absolute Gasteiger partial charge is 0.338 e. The van der Waals surface area contributed by atoms with Crippen molar-refractivity contribution in [3.05, 3.63) is 53.6 Å². The van der Waals surface area contributed by atoms with Gasteiger partial charge in [-0.3, -0.25) is 0 Å². The number of aliphatic hydroxyl groups is 2. The third-order valence-electron chi connectivity index (χ3n) is 5.18. The Hall–Kier alpha value is -2.11. The maximum atomic E-state index is 12.6. The number of hydrogen-bond donors (Lipinski definition) is 3. The molecule has 5 heteroatoms. The van der Waals surface area contributed by atoms with Gasteiger partial charge >= 0.3 is 5.97 Å². The van der Waals surface area contributed by atoms with Crippen LogP contribution in [0.4, 0.5) is 0 Å². The Labute approximate surface area is 161 Å². The van der Waals surface area contributed by atoms with E-state index in [4.69, 9.17) is 4.74 Å². The molecule has 5 nitrogen and oxygen atoms in total. The molecule has 3 N–H and O–H groups in total. The van der Waals surface area contributed by atoms with Crippen LogP contribution in [0, 0.1) is 11.8 Å². The number of aromatic hydroxyl groups is 1. The number of rotatable bonds is 3. The second-order valence-corrected chi connectivity index (χ2v) is 7.70. The van der Waals surface area contributed by atoms with Crippen molar-refractivity contribution in [1.29, 1.82) is 0 Å². The molecule has 1 aromatic carbocycles. The van der Waals surface area contributed by atoms with Crippen LogP contribution < -0.4 is 0 Å². The maximum absolute atomic E-state index is 12.6. The Kier molecular flexibility index (Phi) is 7.22. The highest BCUT2D eigenvalue weighted by Gasteiger charge is 2.38. The number of esters is 1. The number of allylic oxidation sites excluding steroid dienone is 1. The minimum absolute atomic E-state index is 0.0210. The molecule has 0 saturated carbocycles. The van der Waals surface area contributed by atoms with Gasteiger partial charge in [-0.15, -0.1) is 0 Å². The first-order valence-electron chi connectivity index (χ1n) is 9.40. The lowest BCUT2D eigenvalue weighted by atomic mass is 9.78. The minimum atomic E-state index is -1.07. The summed E-state index contributed by atoms with van der Waals surface area (Å²) < 4.78 is 5.79. The largest absolute Gasteiger partial charge is 0.508 e. The van der Waals surface area contributed by atoms with Crippen molar-refractivity contribution in [3.63, 3.8) is 0 Å². The van der Waals surface area contributed by atoms with Gasteiger partial charge in [-0.25, -0.2) is 4.79 Å². The zero-order valence-electron chi connectivity index (χ0n) is 16.3. The van der Waals surface area contributed by atoms with E-state index in [0.29, 0.717) is 24.0 Å². The van der Waals surface area contributed by atoms with E-state index in [1.54, 1.807) is 0 Å². The molecule has 0 fully saturated rings. The van der Waals surface area contributed by atoms with Crippen molar-refractivity contribution in [2.45, 2.75) is 58.3 Å². The fraction of sp³-hybridized carbons (Fsp3) is 0.500. The molecule has 0 aliphatic heterocycles.